The van der Waals surface area contributed by atoms with E-state index >= 15 is 0 Å². The van der Waals surface area contributed by atoms with Gasteiger partial charge in [0, 0.05) is 39.6 Å². The third-order valence-electron chi connectivity index (χ3n) is 5.24. The molecule has 1 aliphatic rings. The van der Waals surface area contributed by atoms with Crippen LogP contribution < -0.4 is 25.6 Å². The van der Waals surface area contributed by atoms with Gasteiger partial charge in [0.15, 0.2) is 11.5 Å². The summed E-state index contributed by atoms with van der Waals surface area (Å²) in [6.45, 7) is 5.36. The first-order chi connectivity index (χ1) is 14.0. The minimum atomic E-state index is -0.0497. The van der Waals surface area contributed by atoms with Crippen molar-refractivity contribution in [3.8, 4) is 11.5 Å². The predicted octanol–water partition coefficient (Wildman–Crippen LogP) is 2.08. The molecule has 3 N–H and O–H groups in total. The van der Waals surface area contributed by atoms with Gasteiger partial charge in [0.25, 0.3) is 0 Å². The van der Waals surface area contributed by atoms with E-state index in [0.717, 1.165) is 48.8 Å². The molecule has 0 aliphatic carbocycles. The lowest BCUT2D eigenvalue weighted by Crippen LogP contribution is -2.46. The molecule has 0 saturated carbocycles. The molecule has 0 unspecified atom stereocenters. The Hall–Kier alpha value is -2.61. The Morgan fingerprint density at radius 1 is 1.14 bits per heavy atom. The molecule has 2 aromatic carbocycles. The standard InChI is InChI=1S/C22H30N4O3/c1-16(27)26(20-6-4-17(14-23)5-7-20)24-9-11-25-10-8-18-12-21(28-2)22(29-3)13-19(18)15-25/h4-7,12-13,24H,8-11,14-15,23H2,1-3H3. The zero-order chi connectivity index (χ0) is 20.8. The minimum Gasteiger partial charge on any atom is -0.493 e. The molecule has 7 nitrogen and oxygen atoms in total. The van der Waals surface area contributed by atoms with E-state index in [9.17, 15) is 4.79 Å². The quantitative estimate of drug-likeness (QED) is 0.663. The number of nitrogens with zero attached hydrogens (tertiary/aromatic N) is 2. The van der Waals surface area contributed by atoms with E-state index in [1.165, 1.54) is 11.1 Å². The van der Waals surface area contributed by atoms with E-state index in [4.69, 9.17) is 15.2 Å². The number of nitrogens with one attached hydrogen (secondary N) is 1. The number of hydrogen-bond acceptors (Lipinski definition) is 6. The first-order valence-corrected chi connectivity index (χ1v) is 9.85. The van der Waals surface area contributed by atoms with Crippen LogP contribution >= 0.6 is 0 Å². The number of anilines is 1. The van der Waals surface area contributed by atoms with Gasteiger partial charge >= 0.3 is 0 Å². The van der Waals surface area contributed by atoms with Crippen LogP contribution in [0, 0.1) is 0 Å². The van der Waals surface area contributed by atoms with Crippen molar-refractivity contribution < 1.29 is 14.3 Å². The van der Waals surface area contributed by atoms with Gasteiger partial charge in [-0.3, -0.25) is 9.69 Å². The second-order valence-electron chi connectivity index (χ2n) is 7.14. The van der Waals surface area contributed by atoms with Crippen LogP contribution in [0.4, 0.5) is 5.69 Å². The van der Waals surface area contributed by atoms with E-state index in [1.807, 2.05) is 24.3 Å². The minimum absolute atomic E-state index is 0.0497. The molecule has 0 spiro atoms. The summed E-state index contributed by atoms with van der Waals surface area (Å²) >= 11 is 0. The maximum absolute atomic E-state index is 12.1. The molecular formula is C22H30N4O3. The molecule has 1 aliphatic heterocycles. The lowest BCUT2D eigenvalue weighted by Gasteiger charge is -2.30. The number of carbonyl (C=O) groups excluding carboxylic acids is 1. The number of rotatable bonds is 8. The smallest absolute Gasteiger partial charge is 0.238 e. The van der Waals surface area contributed by atoms with Gasteiger partial charge in [0.05, 0.1) is 19.9 Å². The first kappa shape index (κ1) is 21.1. The van der Waals surface area contributed by atoms with E-state index in [0.29, 0.717) is 13.1 Å². The fraction of sp³-hybridized carbons (Fsp3) is 0.409. The zero-order valence-electron chi connectivity index (χ0n) is 17.4. The second kappa shape index (κ2) is 9.73. The summed E-state index contributed by atoms with van der Waals surface area (Å²) in [6, 6.07) is 11.8. The summed E-state index contributed by atoms with van der Waals surface area (Å²) in [6.07, 6.45) is 0.965. The molecule has 0 atom stereocenters. The maximum Gasteiger partial charge on any atom is 0.238 e. The van der Waals surface area contributed by atoms with Crippen LogP contribution in [0.2, 0.25) is 0 Å². The second-order valence-corrected chi connectivity index (χ2v) is 7.14. The van der Waals surface area contributed by atoms with Gasteiger partial charge in [-0.25, -0.2) is 10.4 Å². The van der Waals surface area contributed by atoms with Gasteiger partial charge in [-0.15, -0.1) is 0 Å². The number of nitrogens with two attached hydrogens (primary N) is 1. The highest BCUT2D eigenvalue weighted by molar-refractivity contribution is 5.90. The predicted molar refractivity (Wildman–Crippen MR) is 114 cm³/mol. The molecule has 29 heavy (non-hydrogen) atoms. The SMILES string of the molecule is COc1cc2c(cc1OC)CN(CCNN(C(C)=O)c1ccc(CN)cc1)CC2. The monoisotopic (exact) mass is 398 g/mol. The topological polar surface area (TPSA) is 80.1 Å². The van der Waals surface area contributed by atoms with Crippen LogP contribution in [-0.4, -0.2) is 44.7 Å². The molecule has 0 bridgehead atoms. The van der Waals surface area contributed by atoms with Crippen molar-refractivity contribution in [3.05, 3.63) is 53.1 Å². The molecule has 0 aromatic heterocycles. The van der Waals surface area contributed by atoms with Gasteiger partial charge in [-0.2, -0.15) is 0 Å². The molecule has 2 aromatic rings. The number of ether oxygens (including phenoxy) is 2. The Morgan fingerprint density at radius 2 is 1.79 bits per heavy atom. The zero-order valence-corrected chi connectivity index (χ0v) is 17.4. The average Bonchev–Trinajstić information content (AvgIpc) is 2.75. The molecule has 1 heterocycles. The van der Waals surface area contributed by atoms with Crippen LogP contribution in [0.15, 0.2) is 36.4 Å². The third kappa shape index (κ3) is 5.06. The van der Waals surface area contributed by atoms with Crippen molar-refractivity contribution in [1.29, 1.82) is 0 Å². The number of amides is 1. The van der Waals surface area contributed by atoms with Crippen molar-refractivity contribution in [2.75, 3.05) is 38.9 Å². The number of fused-ring (bicyclic) bond motifs is 1. The van der Waals surface area contributed by atoms with E-state index in [2.05, 4.69) is 22.5 Å². The molecule has 0 saturated heterocycles. The molecule has 3 rings (SSSR count). The van der Waals surface area contributed by atoms with Crippen molar-refractivity contribution in [1.82, 2.24) is 10.3 Å². The van der Waals surface area contributed by atoms with Crippen molar-refractivity contribution in [2.45, 2.75) is 26.4 Å². The van der Waals surface area contributed by atoms with Crippen molar-refractivity contribution >= 4 is 11.6 Å². The van der Waals surface area contributed by atoms with Crippen LogP contribution in [-0.2, 0) is 24.3 Å². The van der Waals surface area contributed by atoms with Crippen LogP contribution in [0.5, 0.6) is 11.5 Å². The van der Waals surface area contributed by atoms with Gasteiger partial charge in [-0.1, -0.05) is 12.1 Å². The Kier molecular flexibility index (Phi) is 7.09. The number of benzene rings is 2. The van der Waals surface area contributed by atoms with E-state index in [-0.39, 0.29) is 5.91 Å². The molecule has 7 heteroatoms. The average molecular weight is 399 g/mol. The Bertz CT molecular complexity index is 839. The number of hydrazine groups is 1. The van der Waals surface area contributed by atoms with Gasteiger partial charge < -0.3 is 15.2 Å². The van der Waals surface area contributed by atoms with Crippen LogP contribution in [0.1, 0.15) is 23.6 Å². The summed E-state index contributed by atoms with van der Waals surface area (Å²) in [4.78, 5) is 14.4. The van der Waals surface area contributed by atoms with Crippen molar-refractivity contribution in [2.24, 2.45) is 5.73 Å². The Balaban J connectivity index is 1.59. The fourth-order valence-corrected chi connectivity index (χ4v) is 3.62. The number of hydrogen-bond donors (Lipinski definition) is 2. The largest absolute Gasteiger partial charge is 0.493 e. The molecule has 1 amide bonds. The number of methoxy groups -OCH3 is 2. The van der Waals surface area contributed by atoms with E-state index < -0.39 is 0 Å². The molecular weight excluding hydrogens is 368 g/mol. The third-order valence-corrected chi connectivity index (χ3v) is 5.24. The number of carbonyl (C=O) groups is 1. The molecule has 0 fully saturated rings. The highest BCUT2D eigenvalue weighted by Gasteiger charge is 2.20. The Morgan fingerprint density at radius 3 is 2.38 bits per heavy atom. The molecule has 156 valence electrons. The lowest BCUT2D eigenvalue weighted by molar-refractivity contribution is -0.117. The van der Waals surface area contributed by atoms with Crippen LogP contribution in [0.25, 0.3) is 0 Å². The molecule has 0 radical (unpaired) electrons. The summed E-state index contributed by atoms with van der Waals surface area (Å²) in [5, 5.41) is 1.59. The Labute approximate surface area is 172 Å². The lowest BCUT2D eigenvalue weighted by atomic mass is 9.99. The van der Waals surface area contributed by atoms with E-state index in [1.54, 1.807) is 26.2 Å². The van der Waals surface area contributed by atoms with Crippen LogP contribution in [0.3, 0.4) is 0 Å². The normalized spacial score (nSPS) is 13.7. The summed E-state index contributed by atoms with van der Waals surface area (Å²) in [5.41, 5.74) is 13.3. The van der Waals surface area contributed by atoms with Crippen molar-refractivity contribution in [3.63, 3.8) is 0 Å². The highest BCUT2D eigenvalue weighted by atomic mass is 16.5. The first-order valence-electron chi connectivity index (χ1n) is 9.85. The van der Waals surface area contributed by atoms with Gasteiger partial charge in [0.1, 0.15) is 0 Å². The maximum atomic E-state index is 12.1. The summed E-state index contributed by atoms with van der Waals surface area (Å²) in [7, 11) is 3.32. The van der Waals surface area contributed by atoms with Gasteiger partial charge in [-0.05, 0) is 47.4 Å². The fourth-order valence-electron chi connectivity index (χ4n) is 3.62. The summed E-state index contributed by atoms with van der Waals surface area (Å²) < 4.78 is 10.8. The summed E-state index contributed by atoms with van der Waals surface area (Å²) in [5.74, 6) is 1.49. The van der Waals surface area contributed by atoms with Gasteiger partial charge in [0.2, 0.25) is 5.91 Å². The highest BCUT2D eigenvalue weighted by Crippen LogP contribution is 2.33.